The molecular weight excluding hydrogens is 450 g/mol. The number of carbonyl (C=O) groups is 1. The van der Waals surface area contributed by atoms with Crippen LogP contribution in [0.1, 0.15) is 17.5 Å². The maximum atomic E-state index is 13.6. The highest BCUT2D eigenvalue weighted by atomic mass is 32.2. The summed E-state index contributed by atoms with van der Waals surface area (Å²) in [4.78, 5) is 12.0. The topological polar surface area (TPSA) is 123 Å². The lowest BCUT2D eigenvalue weighted by Gasteiger charge is -2.18. The number of nitrogens with two attached hydrogens (primary N) is 2. The number of aliphatic hydroxyl groups is 1. The summed E-state index contributed by atoms with van der Waals surface area (Å²) in [7, 11) is 0. The molecule has 10 heteroatoms. The third-order valence-corrected chi connectivity index (χ3v) is 5.74. The summed E-state index contributed by atoms with van der Waals surface area (Å²) in [6.07, 6.45) is -0.495. The van der Waals surface area contributed by atoms with Crippen molar-refractivity contribution in [1.29, 1.82) is 0 Å². The minimum absolute atomic E-state index is 0.0570. The fourth-order valence-corrected chi connectivity index (χ4v) is 3.67. The van der Waals surface area contributed by atoms with Crippen molar-refractivity contribution in [1.82, 2.24) is 10.0 Å². The lowest BCUT2D eigenvalue weighted by atomic mass is 10.1. The van der Waals surface area contributed by atoms with E-state index >= 15 is 0 Å². The molecule has 0 aliphatic heterocycles. The molecule has 2 aromatic rings. The van der Waals surface area contributed by atoms with Crippen molar-refractivity contribution in [3.8, 4) is 0 Å². The van der Waals surface area contributed by atoms with Gasteiger partial charge < -0.3 is 26.6 Å². The molecule has 0 fully saturated rings. The zero-order valence-electron chi connectivity index (χ0n) is 18.4. The van der Waals surface area contributed by atoms with Crippen LogP contribution in [0.15, 0.2) is 48.5 Å². The van der Waals surface area contributed by atoms with Gasteiger partial charge in [-0.1, -0.05) is 42.3 Å². The molecular formula is C23H32F2N4O3S. The monoisotopic (exact) mass is 482 g/mol. The van der Waals surface area contributed by atoms with Gasteiger partial charge in [-0.15, -0.1) is 0 Å². The van der Waals surface area contributed by atoms with Crippen LogP contribution in [0.25, 0.3) is 0 Å². The second kappa shape index (κ2) is 14.9. The molecule has 0 saturated carbocycles. The third kappa shape index (κ3) is 10.6. The molecule has 0 saturated heterocycles. The number of ether oxygens (including phenoxy) is 1. The van der Waals surface area contributed by atoms with Gasteiger partial charge in [-0.25, -0.2) is 8.78 Å². The SMILES string of the molecule is NC(CSNCCCNC(=O)C(O)C(N)COCc1ccccc1)Cc1cc(F)ccc1F. The van der Waals surface area contributed by atoms with Gasteiger partial charge in [-0.05, 0) is 42.2 Å². The van der Waals surface area contributed by atoms with Gasteiger partial charge in [0.1, 0.15) is 17.7 Å². The van der Waals surface area contributed by atoms with Gasteiger partial charge in [0, 0.05) is 24.9 Å². The Balaban J connectivity index is 1.51. The first-order valence-corrected chi connectivity index (χ1v) is 11.7. The average Bonchev–Trinajstić information content (AvgIpc) is 2.80. The first-order chi connectivity index (χ1) is 15.9. The number of halogens is 2. The number of amides is 1. The highest BCUT2D eigenvalue weighted by molar-refractivity contribution is 7.97. The van der Waals surface area contributed by atoms with Gasteiger partial charge in [0.15, 0.2) is 0 Å². The minimum Gasteiger partial charge on any atom is -0.382 e. The smallest absolute Gasteiger partial charge is 0.250 e. The number of benzene rings is 2. The Morgan fingerprint density at radius 2 is 1.88 bits per heavy atom. The van der Waals surface area contributed by atoms with E-state index in [-0.39, 0.29) is 24.6 Å². The van der Waals surface area contributed by atoms with Crippen LogP contribution in [0.5, 0.6) is 0 Å². The summed E-state index contributed by atoms with van der Waals surface area (Å²) in [5.41, 5.74) is 13.1. The van der Waals surface area contributed by atoms with Gasteiger partial charge in [0.05, 0.1) is 19.3 Å². The Morgan fingerprint density at radius 1 is 1.12 bits per heavy atom. The van der Waals surface area contributed by atoms with Crippen LogP contribution < -0.4 is 21.5 Å². The number of hydrogen-bond donors (Lipinski definition) is 5. The molecule has 0 spiro atoms. The molecule has 7 nitrogen and oxygen atoms in total. The Labute approximate surface area is 197 Å². The predicted octanol–water partition coefficient (Wildman–Crippen LogP) is 1.48. The largest absolute Gasteiger partial charge is 0.382 e. The fourth-order valence-electron chi connectivity index (χ4n) is 2.93. The molecule has 2 aromatic carbocycles. The van der Waals surface area contributed by atoms with Crippen LogP contribution in [-0.4, -0.2) is 54.7 Å². The number of rotatable bonds is 15. The number of aliphatic hydroxyl groups excluding tert-OH is 1. The van der Waals surface area contributed by atoms with Gasteiger partial charge >= 0.3 is 0 Å². The van der Waals surface area contributed by atoms with E-state index in [1.165, 1.54) is 11.9 Å². The summed E-state index contributed by atoms with van der Waals surface area (Å²) in [6.45, 7) is 1.37. The summed E-state index contributed by atoms with van der Waals surface area (Å²) >= 11 is 1.38. The molecule has 182 valence electrons. The second-order valence-electron chi connectivity index (χ2n) is 7.66. The van der Waals surface area contributed by atoms with Crippen molar-refractivity contribution >= 4 is 17.9 Å². The molecule has 0 heterocycles. The molecule has 7 N–H and O–H groups in total. The van der Waals surface area contributed by atoms with E-state index in [0.717, 1.165) is 23.8 Å². The summed E-state index contributed by atoms with van der Waals surface area (Å²) < 4.78 is 35.4. The molecule has 0 aliphatic rings. The molecule has 0 aliphatic carbocycles. The highest BCUT2D eigenvalue weighted by Gasteiger charge is 2.22. The fraction of sp³-hybridized carbons (Fsp3) is 0.435. The van der Waals surface area contributed by atoms with E-state index in [0.29, 0.717) is 31.9 Å². The lowest BCUT2D eigenvalue weighted by molar-refractivity contribution is -0.131. The Bertz CT molecular complexity index is 848. The zero-order valence-corrected chi connectivity index (χ0v) is 19.2. The van der Waals surface area contributed by atoms with E-state index in [1.807, 2.05) is 30.3 Å². The molecule has 0 aromatic heterocycles. The van der Waals surface area contributed by atoms with Crippen LogP contribution in [0.4, 0.5) is 8.78 Å². The van der Waals surface area contributed by atoms with Crippen molar-refractivity contribution in [3.63, 3.8) is 0 Å². The first kappa shape index (κ1) is 27.2. The second-order valence-corrected chi connectivity index (χ2v) is 8.57. The van der Waals surface area contributed by atoms with E-state index in [9.17, 15) is 18.7 Å². The summed E-state index contributed by atoms with van der Waals surface area (Å²) in [5.74, 6) is -0.987. The van der Waals surface area contributed by atoms with Gasteiger partial charge in [-0.2, -0.15) is 0 Å². The van der Waals surface area contributed by atoms with Gasteiger partial charge in [-0.3, -0.25) is 9.52 Å². The molecule has 1 amide bonds. The molecule has 3 unspecified atom stereocenters. The van der Waals surface area contributed by atoms with Crippen LogP contribution in [0, 0.1) is 11.6 Å². The van der Waals surface area contributed by atoms with Crippen molar-refractivity contribution in [2.75, 3.05) is 25.4 Å². The van der Waals surface area contributed by atoms with Crippen LogP contribution in [0.3, 0.4) is 0 Å². The minimum atomic E-state index is -1.36. The lowest BCUT2D eigenvalue weighted by Crippen LogP contribution is -2.48. The molecule has 3 atom stereocenters. The van der Waals surface area contributed by atoms with Gasteiger partial charge in [0.25, 0.3) is 5.91 Å². The van der Waals surface area contributed by atoms with Crippen molar-refractivity contribution in [2.45, 2.75) is 37.6 Å². The van der Waals surface area contributed by atoms with E-state index < -0.39 is 29.7 Å². The first-order valence-electron chi connectivity index (χ1n) is 10.7. The normalized spacial score (nSPS) is 14.0. The van der Waals surface area contributed by atoms with E-state index in [4.69, 9.17) is 16.2 Å². The quantitative estimate of drug-likeness (QED) is 0.193. The molecule has 0 bridgehead atoms. The average molecular weight is 483 g/mol. The van der Waals surface area contributed by atoms with Gasteiger partial charge in [0.2, 0.25) is 0 Å². The maximum Gasteiger partial charge on any atom is 0.250 e. The van der Waals surface area contributed by atoms with Crippen LogP contribution in [0.2, 0.25) is 0 Å². The molecule has 33 heavy (non-hydrogen) atoms. The molecule has 0 radical (unpaired) electrons. The molecule has 2 rings (SSSR count). The maximum absolute atomic E-state index is 13.6. The van der Waals surface area contributed by atoms with Crippen molar-refractivity contribution in [3.05, 3.63) is 71.3 Å². The Kier molecular flexibility index (Phi) is 12.3. The van der Waals surface area contributed by atoms with Crippen molar-refractivity contribution < 1.29 is 23.4 Å². The van der Waals surface area contributed by atoms with Crippen LogP contribution >= 0.6 is 11.9 Å². The van der Waals surface area contributed by atoms with E-state index in [1.54, 1.807) is 0 Å². The number of carbonyl (C=O) groups excluding carboxylic acids is 1. The third-order valence-electron chi connectivity index (χ3n) is 4.74. The Hall–Kier alpha value is -2.08. The number of nitrogens with one attached hydrogen (secondary N) is 2. The predicted molar refractivity (Wildman–Crippen MR) is 126 cm³/mol. The summed E-state index contributed by atoms with van der Waals surface area (Å²) in [6, 6.07) is 11.7. The standard InChI is InChI=1S/C23H32F2N4O3S/c24-18-7-8-20(25)17(11-18)12-19(26)15-33-29-10-4-9-28-23(31)22(30)21(27)14-32-13-16-5-2-1-3-6-16/h1-3,5-8,11,19,21-22,29-30H,4,9-10,12-15,26-27H2,(H,28,31). The van der Waals surface area contributed by atoms with Crippen LogP contribution in [-0.2, 0) is 22.6 Å². The summed E-state index contributed by atoms with van der Waals surface area (Å²) in [5, 5.41) is 12.7. The van der Waals surface area contributed by atoms with E-state index in [2.05, 4.69) is 10.0 Å². The number of hydrogen-bond acceptors (Lipinski definition) is 7. The zero-order chi connectivity index (χ0) is 24.1. The Morgan fingerprint density at radius 3 is 2.64 bits per heavy atom. The van der Waals surface area contributed by atoms with Crippen molar-refractivity contribution in [2.24, 2.45) is 11.5 Å². The highest BCUT2D eigenvalue weighted by Crippen LogP contribution is 2.12.